The summed E-state index contributed by atoms with van der Waals surface area (Å²) in [6.07, 6.45) is 4.57. The molecule has 0 bridgehead atoms. The van der Waals surface area contributed by atoms with Crippen molar-refractivity contribution in [3.05, 3.63) is 59.7 Å². The van der Waals surface area contributed by atoms with E-state index in [0.29, 0.717) is 9.79 Å². The van der Waals surface area contributed by atoms with Crippen LogP contribution in [0.5, 0.6) is 0 Å². The Labute approximate surface area is 127 Å². The standard InChI is InChI=1S/C18H22O2S/c1-3-4-5-6-16-9-13-18(14-10-16)21(19,20)17-11-7-15(2)8-12-17/h7-14H,3-6H2,1-2H3. The number of unbranched alkanes of at least 4 members (excludes halogenated alkanes) is 2. The first kappa shape index (κ1) is 15.8. The Kier molecular flexibility index (Phi) is 5.18. The first-order valence-electron chi connectivity index (χ1n) is 7.44. The molecule has 0 radical (unpaired) electrons. The average molecular weight is 302 g/mol. The first-order chi connectivity index (χ1) is 10.0. The van der Waals surface area contributed by atoms with Gasteiger partial charge in [-0.05, 0) is 49.6 Å². The number of aryl methyl sites for hydroxylation is 2. The third kappa shape index (κ3) is 3.94. The smallest absolute Gasteiger partial charge is 0.206 e. The summed E-state index contributed by atoms with van der Waals surface area (Å²) in [5.41, 5.74) is 2.26. The lowest BCUT2D eigenvalue weighted by Crippen LogP contribution is -2.02. The van der Waals surface area contributed by atoms with Gasteiger partial charge >= 0.3 is 0 Å². The van der Waals surface area contributed by atoms with Crippen LogP contribution in [0.2, 0.25) is 0 Å². The van der Waals surface area contributed by atoms with Crippen LogP contribution in [-0.4, -0.2) is 8.42 Å². The van der Waals surface area contributed by atoms with Crippen molar-refractivity contribution >= 4 is 9.84 Å². The molecule has 0 saturated carbocycles. The van der Waals surface area contributed by atoms with Gasteiger partial charge in [0, 0.05) is 0 Å². The maximum absolute atomic E-state index is 12.5. The highest BCUT2D eigenvalue weighted by Gasteiger charge is 2.16. The molecule has 2 aromatic rings. The monoisotopic (exact) mass is 302 g/mol. The second-order valence-corrected chi connectivity index (χ2v) is 7.37. The Morgan fingerprint density at radius 2 is 1.33 bits per heavy atom. The van der Waals surface area contributed by atoms with E-state index in [0.717, 1.165) is 18.4 Å². The number of hydrogen-bond donors (Lipinski definition) is 0. The molecule has 0 fully saturated rings. The van der Waals surface area contributed by atoms with Crippen molar-refractivity contribution in [2.75, 3.05) is 0 Å². The van der Waals surface area contributed by atoms with Gasteiger partial charge in [-0.25, -0.2) is 8.42 Å². The zero-order valence-electron chi connectivity index (χ0n) is 12.7. The second kappa shape index (κ2) is 6.90. The lowest BCUT2D eigenvalue weighted by Gasteiger charge is -2.06. The zero-order chi connectivity index (χ0) is 15.3. The van der Waals surface area contributed by atoms with Crippen molar-refractivity contribution in [3.63, 3.8) is 0 Å². The molecule has 21 heavy (non-hydrogen) atoms. The van der Waals surface area contributed by atoms with Crippen molar-refractivity contribution in [2.45, 2.75) is 49.3 Å². The zero-order valence-corrected chi connectivity index (χ0v) is 13.5. The second-order valence-electron chi connectivity index (χ2n) is 5.42. The highest BCUT2D eigenvalue weighted by molar-refractivity contribution is 7.91. The minimum absolute atomic E-state index is 0.354. The summed E-state index contributed by atoms with van der Waals surface area (Å²) in [4.78, 5) is 0.720. The molecule has 0 N–H and O–H groups in total. The molecule has 112 valence electrons. The molecular weight excluding hydrogens is 280 g/mol. The molecule has 0 heterocycles. The highest BCUT2D eigenvalue weighted by atomic mass is 32.2. The van der Waals surface area contributed by atoms with Gasteiger partial charge in [0.1, 0.15) is 0 Å². The molecule has 0 saturated heterocycles. The third-order valence-electron chi connectivity index (χ3n) is 3.63. The molecule has 0 aromatic heterocycles. The molecule has 3 heteroatoms. The molecule has 2 aromatic carbocycles. The predicted octanol–water partition coefficient (Wildman–Crippen LogP) is 4.56. The molecule has 0 aliphatic carbocycles. The molecule has 0 spiro atoms. The largest absolute Gasteiger partial charge is 0.219 e. The fourth-order valence-electron chi connectivity index (χ4n) is 2.27. The maximum atomic E-state index is 12.5. The third-order valence-corrected chi connectivity index (χ3v) is 5.42. The van der Waals surface area contributed by atoms with Crippen molar-refractivity contribution in [1.29, 1.82) is 0 Å². The van der Waals surface area contributed by atoms with Crippen LogP contribution in [0.4, 0.5) is 0 Å². The van der Waals surface area contributed by atoms with Crippen LogP contribution in [-0.2, 0) is 16.3 Å². The van der Waals surface area contributed by atoms with Crippen molar-refractivity contribution in [3.8, 4) is 0 Å². The van der Waals surface area contributed by atoms with Gasteiger partial charge in [-0.2, -0.15) is 0 Å². The van der Waals surface area contributed by atoms with Gasteiger partial charge in [-0.15, -0.1) is 0 Å². The summed E-state index contributed by atoms with van der Waals surface area (Å²) in [6, 6.07) is 14.3. The quantitative estimate of drug-likeness (QED) is 0.733. The number of benzene rings is 2. The van der Waals surface area contributed by atoms with Gasteiger partial charge in [0.15, 0.2) is 0 Å². The fraction of sp³-hybridized carbons (Fsp3) is 0.333. The van der Waals surface area contributed by atoms with Gasteiger partial charge in [-0.3, -0.25) is 0 Å². The van der Waals surface area contributed by atoms with Crippen molar-refractivity contribution in [2.24, 2.45) is 0 Å². The molecule has 0 unspecified atom stereocenters. The van der Waals surface area contributed by atoms with Crippen LogP contribution in [0.15, 0.2) is 58.3 Å². The normalized spacial score (nSPS) is 11.5. The Morgan fingerprint density at radius 3 is 1.86 bits per heavy atom. The summed E-state index contributed by atoms with van der Waals surface area (Å²) in [7, 11) is -3.40. The lowest BCUT2D eigenvalue weighted by molar-refractivity contribution is 0.596. The van der Waals surface area contributed by atoms with Crippen molar-refractivity contribution in [1.82, 2.24) is 0 Å². The van der Waals surface area contributed by atoms with Gasteiger partial charge in [-0.1, -0.05) is 49.6 Å². The first-order valence-corrected chi connectivity index (χ1v) is 8.93. The van der Waals surface area contributed by atoms with E-state index in [1.165, 1.54) is 18.4 Å². The molecule has 2 rings (SSSR count). The summed E-state index contributed by atoms with van der Waals surface area (Å²) >= 11 is 0. The van der Waals surface area contributed by atoms with Crippen LogP contribution in [0.3, 0.4) is 0 Å². The molecule has 0 aliphatic rings. The minimum atomic E-state index is -3.40. The molecular formula is C18H22O2S. The van der Waals surface area contributed by atoms with Gasteiger partial charge in [0.05, 0.1) is 9.79 Å². The van der Waals surface area contributed by atoms with E-state index in [9.17, 15) is 8.42 Å². The van der Waals surface area contributed by atoms with Crippen LogP contribution in [0, 0.1) is 6.92 Å². The van der Waals surface area contributed by atoms with Gasteiger partial charge < -0.3 is 0 Å². The number of hydrogen-bond acceptors (Lipinski definition) is 2. The van der Waals surface area contributed by atoms with E-state index in [1.807, 2.05) is 31.2 Å². The predicted molar refractivity (Wildman–Crippen MR) is 86.3 cm³/mol. The van der Waals surface area contributed by atoms with E-state index in [1.54, 1.807) is 24.3 Å². The Morgan fingerprint density at radius 1 is 0.810 bits per heavy atom. The summed E-state index contributed by atoms with van der Waals surface area (Å²) in [6.45, 7) is 4.12. The minimum Gasteiger partial charge on any atom is -0.219 e. The van der Waals surface area contributed by atoms with Crippen molar-refractivity contribution < 1.29 is 8.42 Å². The van der Waals surface area contributed by atoms with Crippen LogP contribution < -0.4 is 0 Å². The van der Waals surface area contributed by atoms with Crippen LogP contribution in [0.25, 0.3) is 0 Å². The van der Waals surface area contributed by atoms with Crippen LogP contribution >= 0.6 is 0 Å². The maximum Gasteiger partial charge on any atom is 0.206 e. The van der Waals surface area contributed by atoms with E-state index in [2.05, 4.69) is 6.92 Å². The summed E-state index contributed by atoms with van der Waals surface area (Å²) in [5, 5.41) is 0. The van der Waals surface area contributed by atoms with E-state index < -0.39 is 9.84 Å². The fourth-order valence-corrected chi connectivity index (χ4v) is 3.53. The number of sulfone groups is 1. The molecule has 2 nitrogen and oxygen atoms in total. The molecule has 0 aliphatic heterocycles. The lowest BCUT2D eigenvalue weighted by atomic mass is 10.1. The molecule has 0 atom stereocenters. The van der Waals surface area contributed by atoms with Gasteiger partial charge in [0.25, 0.3) is 0 Å². The van der Waals surface area contributed by atoms with Gasteiger partial charge in [0.2, 0.25) is 9.84 Å². The van der Waals surface area contributed by atoms with E-state index >= 15 is 0 Å². The highest BCUT2D eigenvalue weighted by Crippen LogP contribution is 2.22. The SMILES string of the molecule is CCCCCc1ccc(S(=O)(=O)c2ccc(C)cc2)cc1. The van der Waals surface area contributed by atoms with E-state index in [4.69, 9.17) is 0 Å². The van der Waals surface area contributed by atoms with E-state index in [-0.39, 0.29) is 0 Å². The molecule has 0 amide bonds. The Hall–Kier alpha value is -1.61. The summed E-state index contributed by atoms with van der Waals surface area (Å²) < 4.78 is 25.0. The Balaban J connectivity index is 2.19. The average Bonchev–Trinajstić information content (AvgIpc) is 2.48. The Bertz CT molecular complexity index is 668. The topological polar surface area (TPSA) is 34.1 Å². The summed E-state index contributed by atoms with van der Waals surface area (Å²) in [5.74, 6) is 0. The number of rotatable bonds is 6. The van der Waals surface area contributed by atoms with Crippen LogP contribution in [0.1, 0.15) is 37.3 Å².